The van der Waals surface area contributed by atoms with Crippen LogP contribution in [0, 0.1) is 6.92 Å². The van der Waals surface area contributed by atoms with E-state index in [1.807, 2.05) is 69.6 Å². The predicted octanol–water partition coefficient (Wildman–Crippen LogP) is 3.10. The molecule has 0 aliphatic rings. The Morgan fingerprint density at radius 3 is 2.37 bits per heavy atom. The summed E-state index contributed by atoms with van der Waals surface area (Å²) in [6.07, 6.45) is 0. The third-order valence-electron chi connectivity index (χ3n) is 3.94. The van der Waals surface area contributed by atoms with E-state index in [1.165, 1.54) is 0 Å². The van der Waals surface area contributed by atoms with E-state index in [1.54, 1.807) is 0 Å². The first-order valence-electron chi connectivity index (χ1n) is 8.42. The molecule has 0 spiro atoms. The highest BCUT2D eigenvalue weighted by Gasteiger charge is 2.15. The van der Waals surface area contributed by atoms with Crippen LogP contribution in [-0.2, 0) is 11.3 Å². The van der Waals surface area contributed by atoms with Crippen molar-refractivity contribution in [3.05, 3.63) is 65.2 Å². The number of likely N-dealkylation sites (N-methyl/N-ethyl adjacent to an activating group) is 1. The fraction of sp³-hybridized carbons (Fsp3) is 0.350. The Kier molecular flexibility index (Phi) is 11.7. The van der Waals surface area contributed by atoms with Crippen LogP contribution in [0.4, 0.5) is 0 Å². The van der Waals surface area contributed by atoms with Crippen LogP contribution in [0.2, 0.25) is 0 Å². The number of hydrogen-bond donors (Lipinski definition) is 2. The molecular weight excluding hydrogens is 385 g/mol. The summed E-state index contributed by atoms with van der Waals surface area (Å²) in [6, 6.07) is 14.7. The third kappa shape index (κ3) is 8.18. The van der Waals surface area contributed by atoms with E-state index in [4.69, 9.17) is 10.5 Å². The zero-order valence-electron chi connectivity index (χ0n) is 16.0. The molecule has 2 aromatic carbocycles. The number of rotatable bonds is 8. The molecule has 0 aliphatic carbocycles. The maximum atomic E-state index is 12.3. The fourth-order valence-corrected chi connectivity index (χ4v) is 2.35. The largest absolute Gasteiger partial charge is 0.492 e. The molecule has 2 rings (SSSR count). The molecule has 1 amide bonds. The highest BCUT2D eigenvalue weighted by Crippen LogP contribution is 2.18. The van der Waals surface area contributed by atoms with Gasteiger partial charge < -0.3 is 20.7 Å². The lowest BCUT2D eigenvalue weighted by atomic mass is 10.1. The van der Waals surface area contributed by atoms with Gasteiger partial charge in [0.1, 0.15) is 18.4 Å². The van der Waals surface area contributed by atoms with E-state index in [9.17, 15) is 4.79 Å². The lowest BCUT2D eigenvalue weighted by Gasteiger charge is -2.16. The minimum Gasteiger partial charge on any atom is -0.492 e. The number of para-hydroxylation sites is 1. The second-order valence-electron chi connectivity index (χ2n) is 6.37. The second kappa shape index (κ2) is 12.6. The van der Waals surface area contributed by atoms with Gasteiger partial charge in [-0.05, 0) is 32.6 Å². The van der Waals surface area contributed by atoms with Crippen molar-refractivity contribution < 1.29 is 9.53 Å². The Morgan fingerprint density at radius 2 is 1.74 bits per heavy atom. The predicted molar refractivity (Wildman–Crippen MR) is 115 cm³/mol. The van der Waals surface area contributed by atoms with Gasteiger partial charge in [0.25, 0.3) is 0 Å². The summed E-state index contributed by atoms with van der Waals surface area (Å²) in [6.45, 7) is 3.82. The summed E-state index contributed by atoms with van der Waals surface area (Å²) in [7, 11) is 4.00. The Hall–Kier alpha value is -1.79. The molecule has 27 heavy (non-hydrogen) atoms. The van der Waals surface area contributed by atoms with Gasteiger partial charge in [-0.25, -0.2) is 0 Å². The molecule has 0 fully saturated rings. The van der Waals surface area contributed by atoms with Crippen LogP contribution in [0.25, 0.3) is 0 Å². The smallest absolute Gasteiger partial charge is 0.241 e. The van der Waals surface area contributed by atoms with Crippen molar-refractivity contribution in [1.82, 2.24) is 10.2 Å². The number of amides is 1. The van der Waals surface area contributed by atoms with Crippen LogP contribution in [0.5, 0.6) is 5.75 Å². The first-order chi connectivity index (χ1) is 12.0. The maximum absolute atomic E-state index is 12.3. The van der Waals surface area contributed by atoms with Crippen LogP contribution in [0.3, 0.4) is 0 Å². The van der Waals surface area contributed by atoms with Crippen molar-refractivity contribution in [3.8, 4) is 5.75 Å². The standard InChI is InChI=1S/C20H27N3O2.2ClH/c1-15-8-10-16(11-9-15)19(21)20(24)22-14-17-6-4-5-7-18(17)25-13-12-23(2)3;;/h4-11,19H,12-14,21H2,1-3H3,(H,22,24);2*1H. The molecule has 0 saturated heterocycles. The number of nitrogens with zero attached hydrogens (tertiary/aromatic N) is 1. The maximum Gasteiger partial charge on any atom is 0.241 e. The molecule has 0 saturated carbocycles. The Morgan fingerprint density at radius 1 is 1.11 bits per heavy atom. The molecule has 0 bridgehead atoms. The van der Waals surface area contributed by atoms with E-state index >= 15 is 0 Å². The van der Waals surface area contributed by atoms with Crippen molar-refractivity contribution >= 4 is 30.7 Å². The van der Waals surface area contributed by atoms with Crippen LogP contribution in [-0.4, -0.2) is 38.1 Å². The summed E-state index contributed by atoms with van der Waals surface area (Å²) in [5.74, 6) is 0.584. The SMILES string of the molecule is Cc1ccc(C(N)C(=O)NCc2ccccc2OCCN(C)C)cc1.Cl.Cl. The van der Waals surface area contributed by atoms with Crippen LogP contribution in [0.1, 0.15) is 22.7 Å². The number of aryl methyl sites for hydroxylation is 1. The highest BCUT2D eigenvalue weighted by molar-refractivity contribution is 5.85. The molecule has 0 aromatic heterocycles. The molecule has 2 aromatic rings. The average Bonchev–Trinajstić information content (AvgIpc) is 2.60. The van der Waals surface area contributed by atoms with Gasteiger partial charge in [-0.3, -0.25) is 4.79 Å². The minimum absolute atomic E-state index is 0. The summed E-state index contributed by atoms with van der Waals surface area (Å²) in [5, 5.41) is 2.90. The quantitative estimate of drug-likeness (QED) is 0.697. The number of ether oxygens (including phenoxy) is 1. The van der Waals surface area contributed by atoms with Crippen molar-refractivity contribution in [2.75, 3.05) is 27.2 Å². The summed E-state index contributed by atoms with van der Waals surface area (Å²) < 4.78 is 5.81. The van der Waals surface area contributed by atoms with E-state index in [2.05, 4.69) is 10.2 Å². The molecule has 0 radical (unpaired) electrons. The summed E-state index contributed by atoms with van der Waals surface area (Å²) in [5.41, 5.74) is 8.93. The molecule has 1 atom stereocenters. The number of hydrogen-bond acceptors (Lipinski definition) is 4. The number of nitrogens with two attached hydrogens (primary N) is 1. The van der Waals surface area contributed by atoms with Crippen molar-refractivity contribution in [2.24, 2.45) is 5.73 Å². The lowest BCUT2D eigenvalue weighted by molar-refractivity contribution is -0.122. The van der Waals surface area contributed by atoms with E-state index in [-0.39, 0.29) is 30.7 Å². The van der Waals surface area contributed by atoms with Crippen molar-refractivity contribution in [1.29, 1.82) is 0 Å². The van der Waals surface area contributed by atoms with E-state index in [0.717, 1.165) is 29.0 Å². The van der Waals surface area contributed by atoms with E-state index in [0.29, 0.717) is 13.2 Å². The van der Waals surface area contributed by atoms with Gasteiger partial charge in [-0.2, -0.15) is 0 Å². The monoisotopic (exact) mass is 413 g/mol. The number of nitrogens with one attached hydrogen (secondary N) is 1. The molecular formula is C20H29Cl2N3O2. The second-order valence-corrected chi connectivity index (χ2v) is 6.37. The van der Waals surface area contributed by atoms with Crippen molar-refractivity contribution in [3.63, 3.8) is 0 Å². The zero-order chi connectivity index (χ0) is 18.2. The molecule has 5 nitrogen and oxygen atoms in total. The number of halogens is 2. The molecule has 0 aliphatic heterocycles. The van der Waals surface area contributed by atoms with Gasteiger partial charge in [0.05, 0.1) is 0 Å². The van der Waals surface area contributed by atoms with Crippen LogP contribution >= 0.6 is 24.8 Å². The van der Waals surface area contributed by atoms with Gasteiger partial charge in [-0.1, -0.05) is 48.0 Å². The number of carbonyl (C=O) groups is 1. The Balaban J connectivity index is 0.00000338. The minimum atomic E-state index is -0.678. The highest BCUT2D eigenvalue weighted by atomic mass is 35.5. The van der Waals surface area contributed by atoms with E-state index < -0.39 is 6.04 Å². The molecule has 1 unspecified atom stereocenters. The van der Waals surface area contributed by atoms with Crippen LogP contribution < -0.4 is 15.8 Å². The van der Waals surface area contributed by atoms with Gasteiger partial charge in [0.2, 0.25) is 5.91 Å². The summed E-state index contributed by atoms with van der Waals surface area (Å²) >= 11 is 0. The van der Waals surface area contributed by atoms with Crippen molar-refractivity contribution in [2.45, 2.75) is 19.5 Å². The fourth-order valence-electron chi connectivity index (χ4n) is 2.35. The van der Waals surface area contributed by atoms with Gasteiger partial charge in [0.15, 0.2) is 0 Å². The zero-order valence-corrected chi connectivity index (χ0v) is 17.6. The number of carbonyl (C=O) groups excluding carboxylic acids is 1. The summed E-state index contributed by atoms with van der Waals surface area (Å²) in [4.78, 5) is 14.4. The molecule has 150 valence electrons. The van der Waals surface area contributed by atoms with Gasteiger partial charge in [-0.15, -0.1) is 24.8 Å². The first kappa shape index (κ1) is 25.2. The van der Waals surface area contributed by atoms with Crippen LogP contribution in [0.15, 0.2) is 48.5 Å². The third-order valence-corrected chi connectivity index (χ3v) is 3.94. The molecule has 7 heteroatoms. The molecule has 3 N–H and O–H groups in total. The van der Waals surface area contributed by atoms with Gasteiger partial charge >= 0.3 is 0 Å². The normalized spacial score (nSPS) is 11.1. The number of benzene rings is 2. The average molecular weight is 414 g/mol. The first-order valence-corrected chi connectivity index (χ1v) is 8.42. The van der Waals surface area contributed by atoms with Gasteiger partial charge in [0, 0.05) is 18.7 Å². The Bertz CT molecular complexity index is 694. The Labute approximate surface area is 174 Å². The molecule has 0 heterocycles. The topological polar surface area (TPSA) is 67.6 Å². The lowest BCUT2D eigenvalue weighted by Crippen LogP contribution is -2.33.